The number of likely N-dealkylation sites (tertiary alicyclic amines) is 1. The van der Waals surface area contributed by atoms with Gasteiger partial charge in [-0.1, -0.05) is 6.07 Å². The number of ether oxygens (including phenoxy) is 1. The maximum atomic E-state index is 12.5. The topological polar surface area (TPSA) is 102 Å². The Kier molecular flexibility index (Phi) is 5.41. The Morgan fingerprint density at radius 1 is 1.43 bits per heavy atom. The van der Waals surface area contributed by atoms with Crippen LogP contribution in [0.25, 0.3) is 0 Å². The predicted molar refractivity (Wildman–Crippen MR) is 86.7 cm³/mol. The zero-order valence-corrected chi connectivity index (χ0v) is 14.4. The number of hydrogen-bond acceptors (Lipinski definition) is 5. The van der Waals surface area contributed by atoms with Crippen LogP contribution in [0.1, 0.15) is 22.8 Å². The molecule has 23 heavy (non-hydrogen) atoms. The molecule has 0 unspecified atom stereocenters. The molecule has 2 atom stereocenters. The second-order valence-corrected chi connectivity index (χ2v) is 7.38. The Labute approximate surface area is 136 Å². The molecule has 8 heteroatoms. The number of primary sulfonamides is 1. The van der Waals surface area contributed by atoms with Crippen molar-refractivity contribution in [3.8, 4) is 0 Å². The van der Waals surface area contributed by atoms with Gasteiger partial charge in [0.1, 0.15) is 0 Å². The number of hydrogen-bond donors (Lipinski definition) is 2. The number of nitrogens with zero attached hydrogens (tertiary/aromatic N) is 1. The summed E-state index contributed by atoms with van der Waals surface area (Å²) in [4.78, 5) is 14.5. The van der Waals surface area contributed by atoms with Crippen molar-refractivity contribution in [1.82, 2.24) is 10.2 Å². The normalized spacial score (nSPS) is 22.3. The molecule has 1 aliphatic heterocycles. The Morgan fingerprint density at radius 2 is 2.13 bits per heavy atom. The first-order chi connectivity index (χ1) is 10.7. The minimum atomic E-state index is -3.84. The molecule has 0 radical (unpaired) electrons. The first kappa shape index (κ1) is 17.9. The lowest BCUT2D eigenvalue weighted by Crippen LogP contribution is -2.44. The first-order valence-electron chi connectivity index (χ1n) is 7.46. The summed E-state index contributed by atoms with van der Waals surface area (Å²) in [5, 5.41) is 8.07. The summed E-state index contributed by atoms with van der Waals surface area (Å²) in [5.74, 6) is -0.321. The lowest BCUT2D eigenvalue weighted by molar-refractivity contribution is 0.0513. The van der Waals surface area contributed by atoms with Crippen LogP contribution in [0, 0.1) is 6.92 Å². The molecular formula is C15H23N3O4S. The SMILES string of the molecule is CCO[C@@H]1CN(C)C[C@H]1NC(=O)c1cc(S(N)(=O)=O)ccc1C. The fourth-order valence-electron chi connectivity index (χ4n) is 2.75. The van der Waals surface area contributed by atoms with E-state index in [-0.39, 0.29) is 22.9 Å². The van der Waals surface area contributed by atoms with Crippen molar-refractivity contribution in [3.05, 3.63) is 29.3 Å². The lowest BCUT2D eigenvalue weighted by atomic mass is 10.1. The molecule has 0 bridgehead atoms. The highest BCUT2D eigenvalue weighted by molar-refractivity contribution is 7.89. The molecule has 1 aliphatic rings. The Bertz CT molecular complexity index is 690. The average Bonchev–Trinajstić information content (AvgIpc) is 2.78. The number of sulfonamides is 1. The highest BCUT2D eigenvalue weighted by Crippen LogP contribution is 2.17. The number of carbonyl (C=O) groups excluding carboxylic acids is 1. The summed E-state index contributed by atoms with van der Waals surface area (Å²) >= 11 is 0. The molecule has 0 saturated carbocycles. The molecule has 1 saturated heterocycles. The van der Waals surface area contributed by atoms with Gasteiger partial charge in [-0.15, -0.1) is 0 Å². The van der Waals surface area contributed by atoms with Gasteiger partial charge in [0.15, 0.2) is 0 Å². The van der Waals surface area contributed by atoms with Gasteiger partial charge in [0.2, 0.25) is 10.0 Å². The molecular weight excluding hydrogens is 318 g/mol. The second kappa shape index (κ2) is 6.96. The fraction of sp³-hybridized carbons (Fsp3) is 0.533. The zero-order chi connectivity index (χ0) is 17.2. The van der Waals surface area contributed by atoms with Crippen LogP contribution in [-0.2, 0) is 14.8 Å². The van der Waals surface area contributed by atoms with Gasteiger partial charge in [-0.25, -0.2) is 13.6 Å². The summed E-state index contributed by atoms with van der Waals surface area (Å²) in [6, 6.07) is 4.16. The number of amides is 1. The third-order valence-electron chi connectivity index (χ3n) is 3.93. The first-order valence-corrected chi connectivity index (χ1v) is 9.01. The van der Waals surface area contributed by atoms with E-state index in [0.29, 0.717) is 24.3 Å². The van der Waals surface area contributed by atoms with Gasteiger partial charge in [-0.05, 0) is 38.6 Å². The molecule has 3 N–H and O–H groups in total. The average molecular weight is 341 g/mol. The zero-order valence-electron chi connectivity index (χ0n) is 13.6. The van der Waals surface area contributed by atoms with Crippen molar-refractivity contribution < 1.29 is 17.9 Å². The van der Waals surface area contributed by atoms with Gasteiger partial charge in [-0.3, -0.25) is 4.79 Å². The molecule has 1 aromatic rings. The molecule has 1 aromatic carbocycles. The molecule has 1 amide bonds. The van der Waals surface area contributed by atoms with Crippen molar-refractivity contribution in [2.24, 2.45) is 5.14 Å². The van der Waals surface area contributed by atoms with E-state index in [1.165, 1.54) is 12.1 Å². The van der Waals surface area contributed by atoms with Crippen LogP contribution in [0.4, 0.5) is 0 Å². The van der Waals surface area contributed by atoms with Gasteiger partial charge in [-0.2, -0.15) is 0 Å². The summed E-state index contributed by atoms with van der Waals surface area (Å²) in [6.45, 7) is 5.67. The number of nitrogens with two attached hydrogens (primary N) is 1. The summed E-state index contributed by atoms with van der Waals surface area (Å²) in [7, 11) is -1.88. The van der Waals surface area contributed by atoms with E-state index in [4.69, 9.17) is 9.88 Å². The van der Waals surface area contributed by atoms with E-state index in [2.05, 4.69) is 10.2 Å². The molecule has 7 nitrogen and oxygen atoms in total. The largest absolute Gasteiger partial charge is 0.375 e. The number of carbonyl (C=O) groups is 1. The van der Waals surface area contributed by atoms with Gasteiger partial charge >= 0.3 is 0 Å². The summed E-state index contributed by atoms with van der Waals surface area (Å²) < 4.78 is 28.6. The molecule has 1 heterocycles. The van der Waals surface area contributed by atoms with Crippen molar-refractivity contribution in [1.29, 1.82) is 0 Å². The van der Waals surface area contributed by atoms with Crippen LogP contribution in [0.5, 0.6) is 0 Å². The quantitative estimate of drug-likeness (QED) is 0.790. The van der Waals surface area contributed by atoms with Gasteiger partial charge in [0, 0.05) is 25.3 Å². The second-order valence-electron chi connectivity index (χ2n) is 5.82. The molecule has 128 valence electrons. The van der Waals surface area contributed by atoms with E-state index < -0.39 is 10.0 Å². The maximum Gasteiger partial charge on any atom is 0.251 e. The minimum Gasteiger partial charge on any atom is -0.375 e. The smallest absolute Gasteiger partial charge is 0.251 e. The van der Waals surface area contributed by atoms with Crippen LogP contribution in [0.2, 0.25) is 0 Å². The molecule has 1 fully saturated rings. The van der Waals surface area contributed by atoms with Crippen molar-refractivity contribution in [2.75, 3.05) is 26.7 Å². The van der Waals surface area contributed by atoms with Crippen LogP contribution in [0.15, 0.2) is 23.1 Å². The number of nitrogens with one attached hydrogen (secondary N) is 1. The standard InChI is InChI=1S/C15H23N3O4S/c1-4-22-14-9-18(3)8-13(14)17-15(19)12-7-11(23(16,20)21)6-5-10(12)2/h5-7,13-14H,4,8-9H2,1-3H3,(H,17,19)(H2,16,20,21)/t13-,14-/m1/s1. The molecule has 2 rings (SSSR count). The predicted octanol–water partition coefficient (Wildman–Crippen LogP) is 0.0913. The third-order valence-corrected chi connectivity index (χ3v) is 4.84. The van der Waals surface area contributed by atoms with Crippen molar-refractivity contribution >= 4 is 15.9 Å². The Balaban J connectivity index is 2.20. The number of benzene rings is 1. The van der Waals surface area contributed by atoms with Crippen LogP contribution < -0.4 is 10.5 Å². The van der Waals surface area contributed by atoms with Crippen LogP contribution in [-0.4, -0.2) is 58.1 Å². The van der Waals surface area contributed by atoms with E-state index in [0.717, 1.165) is 6.54 Å². The maximum absolute atomic E-state index is 12.5. The number of likely N-dealkylation sites (N-methyl/N-ethyl adjacent to an activating group) is 1. The minimum absolute atomic E-state index is 0.0712. The van der Waals surface area contributed by atoms with Crippen molar-refractivity contribution in [3.63, 3.8) is 0 Å². The summed E-state index contributed by atoms with van der Waals surface area (Å²) in [5.41, 5.74) is 0.996. The highest BCUT2D eigenvalue weighted by atomic mass is 32.2. The Morgan fingerprint density at radius 3 is 2.74 bits per heavy atom. The number of rotatable bonds is 5. The lowest BCUT2D eigenvalue weighted by Gasteiger charge is -2.20. The fourth-order valence-corrected chi connectivity index (χ4v) is 3.29. The molecule has 0 aromatic heterocycles. The summed E-state index contributed by atoms with van der Waals surface area (Å²) in [6.07, 6.45) is -0.0734. The van der Waals surface area contributed by atoms with Crippen LogP contribution >= 0.6 is 0 Å². The van der Waals surface area contributed by atoms with E-state index in [9.17, 15) is 13.2 Å². The molecule has 0 aliphatic carbocycles. The monoisotopic (exact) mass is 341 g/mol. The third kappa shape index (κ3) is 4.29. The van der Waals surface area contributed by atoms with E-state index >= 15 is 0 Å². The van der Waals surface area contributed by atoms with Crippen LogP contribution in [0.3, 0.4) is 0 Å². The Hall–Kier alpha value is -1.48. The van der Waals surface area contributed by atoms with E-state index in [1.54, 1.807) is 13.0 Å². The van der Waals surface area contributed by atoms with E-state index in [1.807, 2.05) is 14.0 Å². The molecule has 0 spiro atoms. The van der Waals surface area contributed by atoms with Gasteiger partial charge in [0.25, 0.3) is 5.91 Å². The van der Waals surface area contributed by atoms with Gasteiger partial charge in [0.05, 0.1) is 17.0 Å². The van der Waals surface area contributed by atoms with Crippen molar-refractivity contribution in [2.45, 2.75) is 30.9 Å². The van der Waals surface area contributed by atoms with Gasteiger partial charge < -0.3 is 15.0 Å². The highest BCUT2D eigenvalue weighted by Gasteiger charge is 2.33. The number of aryl methyl sites for hydroxylation is 1.